The molecule has 0 aliphatic heterocycles. The van der Waals surface area contributed by atoms with Crippen LogP contribution in [0.2, 0.25) is 0 Å². The van der Waals surface area contributed by atoms with Crippen molar-refractivity contribution in [2.24, 2.45) is 0 Å². The SMILES string of the molecule is CC1=CC(C(c2cccc(C)c2)(C(F)(F)F)C(F)(F)F)=CCC1. The zero-order chi connectivity index (χ0) is 17.5. The molecular weight excluding hydrogens is 318 g/mol. The molecule has 1 aromatic rings. The van der Waals surface area contributed by atoms with E-state index < -0.39 is 28.9 Å². The molecule has 0 amide bonds. The first-order valence-electron chi connectivity index (χ1n) is 7.08. The van der Waals surface area contributed by atoms with Gasteiger partial charge in [-0.25, -0.2) is 0 Å². The van der Waals surface area contributed by atoms with Crippen LogP contribution in [0.25, 0.3) is 0 Å². The lowest BCUT2D eigenvalue weighted by molar-refractivity contribution is -0.289. The Morgan fingerprint density at radius 2 is 1.52 bits per heavy atom. The highest BCUT2D eigenvalue weighted by Crippen LogP contribution is 2.57. The fourth-order valence-electron chi connectivity index (χ4n) is 2.97. The van der Waals surface area contributed by atoms with Crippen molar-refractivity contribution in [1.82, 2.24) is 0 Å². The van der Waals surface area contributed by atoms with Gasteiger partial charge in [0.05, 0.1) is 0 Å². The zero-order valence-corrected chi connectivity index (χ0v) is 12.6. The number of hydrogen-bond donors (Lipinski definition) is 0. The molecule has 0 unspecified atom stereocenters. The summed E-state index contributed by atoms with van der Waals surface area (Å²) in [5.41, 5.74) is -4.69. The van der Waals surface area contributed by atoms with Crippen LogP contribution in [0.15, 0.2) is 47.6 Å². The molecule has 1 aliphatic rings. The van der Waals surface area contributed by atoms with E-state index in [-0.39, 0.29) is 6.42 Å². The molecule has 0 saturated carbocycles. The maximum Gasteiger partial charge on any atom is 0.411 e. The van der Waals surface area contributed by atoms with E-state index in [9.17, 15) is 26.3 Å². The van der Waals surface area contributed by atoms with Crippen LogP contribution in [0.5, 0.6) is 0 Å². The molecule has 0 fully saturated rings. The third kappa shape index (κ3) is 2.91. The zero-order valence-electron chi connectivity index (χ0n) is 12.6. The van der Waals surface area contributed by atoms with Crippen molar-refractivity contribution in [3.8, 4) is 0 Å². The van der Waals surface area contributed by atoms with Crippen LogP contribution in [0.4, 0.5) is 26.3 Å². The van der Waals surface area contributed by atoms with Gasteiger partial charge in [0.2, 0.25) is 5.41 Å². The van der Waals surface area contributed by atoms with Gasteiger partial charge in [0.15, 0.2) is 0 Å². The van der Waals surface area contributed by atoms with Crippen LogP contribution in [-0.4, -0.2) is 12.4 Å². The average molecular weight is 334 g/mol. The van der Waals surface area contributed by atoms with Crippen LogP contribution < -0.4 is 0 Å². The van der Waals surface area contributed by atoms with Gasteiger partial charge < -0.3 is 0 Å². The van der Waals surface area contributed by atoms with Crippen molar-refractivity contribution >= 4 is 0 Å². The van der Waals surface area contributed by atoms with Gasteiger partial charge >= 0.3 is 12.4 Å². The standard InChI is InChI=1S/C17H16F6/c1-11-5-3-7-13(9-11)15(16(18,19)20,17(21,22)23)14-8-4-6-12(2)10-14/h3,5,7-10H,4,6H2,1-2H3. The van der Waals surface area contributed by atoms with Crippen LogP contribution in [0.3, 0.4) is 0 Å². The predicted octanol–water partition coefficient (Wildman–Crippen LogP) is 6.02. The molecule has 0 atom stereocenters. The van der Waals surface area contributed by atoms with Crippen LogP contribution in [-0.2, 0) is 5.41 Å². The van der Waals surface area contributed by atoms with Gasteiger partial charge in [0, 0.05) is 0 Å². The van der Waals surface area contributed by atoms with Crippen molar-refractivity contribution in [1.29, 1.82) is 0 Å². The molecule has 0 N–H and O–H groups in total. The maximum atomic E-state index is 13.8. The lowest BCUT2D eigenvalue weighted by atomic mass is 9.70. The van der Waals surface area contributed by atoms with Gasteiger partial charge in [-0.1, -0.05) is 47.6 Å². The van der Waals surface area contributed by atoms with E-state index in [1.165, 1.54) is 19.1 Å². The smallest absolute Gasteiger partial charge is 0.169 e. The summed E-state index contributed by atoms with van der Waals surface area (Å²) in [6.07, 6.45) is -8.30. The lowest BCUT2D eigenvalue weighted by Crippen LogP contribution is -2.55. The van der Waals surface area contributed by atoms with E-state index >= 15 is 0 Å². The number of halogens is 6. The number of alkyl halides is 6. The molecule has 1 aliphatic carbocycles. The normalized spacial score (nSPS) is 16.9. The predicted molar refractivity (Wildman–Crippen MR) is 76.0 cm³/mol. The van der Waals surface area contributed by atoms with Crippen LogP contribution in [0.1, 0.15) is 30.9 Å². The second kappa shape index (κ2) is 5.73. The van der Waals surface area contributed by atoms with E-state index in [1.807, 2.05) is 0 Å². The molecule has 1 aromatic carbocycles. The van der Waals surface area contributed by atoms with Gasteiger partial charge in [0.25, 0.3) is 0 Å². The first kappa shape index (κ1) is 17.6. The Morgan fingerprint density at radius 3 is 2.00 bits per heavy atom. The largest absolute Gasteiger partial charge is 0.411 e. The Hall–Kier alpha value is -1.72. The van der Waals surface area contributed by atoms with Crippen molar-refractivity contribution in [2.45, 2.75) is 44.5 Å². The fourth-order valence-corrected chi connectivity index (χ4v) is 2.97. The molecule has 0 nitrogen and oxygen atoms in total. The summed E-state index contributed by atoms with van der Waals surface area (Å²) < 4.78 is 82.9. The summed E-state index contributed by atoms with van der Waals surface area (Å²) in [5, 5.41) is 0. The Bertz CT molecular complexity index is 632. The summed E-state index contributed by atoms with van der Waals surface area (Å²) in [6.45, 7) is 3.01. The number of rotatable bonds is 2. The molecule has 0 aromatic heterocycles. The molecule has 23 heavy (non-hydrogen) atoms. The molecule has 0 saturated heterocycles. The van der Waals surface area contributed by atoms with Crippen molar-refractivity contribution in [3.05, 3.63) is 58.7 Å². The van der Waals surface area contributed by atoms with E-state index in [4.69, 9.17) is 0 Å². The molecule has 2 rings (SSSR count). The first-order valence-corrected chi connectivity index (χ1v) is 7.08. The van der Waals surface area contributed by atoms with Crippen molar-refractivity contribution < 1.29 is 26.3 Å². The third-order valence-electron chi connectivity index (χ3n) is 4.04. The highest BCUT2D eigenvalue weighted by atomic mass is 19.4. The highest BCUT2D eigenvalue weighted by Gasteiger charge is 2.73. The van der Waals surface area contributed by atoms with Gasteiger partial charge in [-0.3, -0.25) is 0 Å². The monoisotopic (exact) mass is 334 g/mol. The Balaban J connectivity index is 2.85. The van der Waals surface area contributed by atoms with E-state index in [2.05, 4.69) is 0 Å². The quantitative estimate of drug-likeness (QED) is 0.580. The minimum Gasteiger partial charge on any atom is -0.169 e. The summed E-state index contributed by atoms with van der Waals surface area (Å²) >= 11 is 0. The molecule has 0 spiro atoms. The van der Waals surface area contributed by atoms with Gasteiger partial charge in [-0.15, -0.1) is 0 Å². The first-order chi connectivity index (χ1) is 10.5. The molecule has 126 valence electrons. The minimum atomic E-state index is -5.50. The molecule has 0 radical (unpaired) electrons. The van der Waals surface area contributed by atoms with Gasteiger partial charge in [0.1, 0.15) is 0 Å². The highest BCUT2D eigenvalue weighted by molar-refractivity contribution is 5.49. The van der Waals surface area contributed by atoms with Crippen molar-refractivity contribution in [3.63, 3.8) is 0 Å². The van der Waals surface area contributed by atoms with E-state index in [1.54, 1.807) is 6.92 Å². The number of benzene rings is 1. The van der Waals surface area contributed by atoms with E-state index in [0.29, 0.717) is 17.6 Å². The topological polar surface area (TPSA) is 0 Å². The second-order valence-electron chi connectivity index (χ2n) is 5.80. The molecule has 6 heteroatoms. The summed E-state index contributed by atoms with van der Waals surface area (Å²) in [6, 6.07) is 4.54. The Labute approximate surface area is 130 Å². The Kier molecular flexibility index (Phi) is 4.39. The summed E-state index contributed by atoms with van der Waals surface area (Å²) in [7, 11) is 0. The lowest BCUT2D eigenvalue weighted by Gasteiger charge is -2.40. The maximum absolute atomic E-state index is 13.8. The molecular formula is C17H16F6. The van der Waals surface area contributed by atoms with Crippen molar-refractivity contribution in [2.75, 3.05) is 0 Å². The number of aryl methyl sites for hydroxylation is 1. The number of hydrogen-bond acceptors (Lipinski definition) is 0. The minimum absolute atomic E-state index is 0.164. The summed E-state index contributed by atoms with van der Waals surface area (Å²) in [5.74, 6) is 0. The van der Waals surface area contributed by atoms with Crippen LogP contribution >= 0.6 is 0 Å². The average Bonchev–Trinajstić information content (AvgIpc) is 2.36. The van der Waals surface area contributed by atoms with Crippen LogP contribution in [0, 0.1) is 6.92 Å². The molecule has 0 bridgehead atoms. The second-order valence-corrected chi connectivity index (χ2v) is 5.80. The fraction of sp³-hybridized carbons (Fsp3) is 0.412. The van der Waals surface area contributed by atoms with Gasteiger partial charge in [-0.2, -0.15) is 26.3 Å². The third-order valence-corrected chi connectivity index (χ3v) is 4.04. The number of allylic oxidation sites excluding steroid dienone is 4. The Morgan fingerprint density at radius 1 is 0.913 bits per heavy atom. The van der Waals surface area contributed by atoms with Gasteiger partial charge in [-0.05, 0) is 37.8 Å². The summed E-state index contributed by atoms with van der Waals surface area (Å²) in [4.78, 5) is 0. The van der Waals surface area contributed by atoms with E-state index in [0.717, 1.165) is 24.3 Å². The molecule has 0 heterocycles.